The molecule has 0 heterocycles. The first-order chi connectivity index (χ1) is 18.9. The molecule has 40 heavy (non-hydrogen) atoms. The lowest BCUT2D eigenvalue weighted by Gasteiger charge is -2.33. The molecule has 0 aliphatic carbocycles. The molecule has 0 aliphatic heterocycles. The number of halogens is 2. The van der Waals surface area contributed by atoms with E-state index in [0.29, 0.717) is 12.2 Å². The van der Waals surface area contributed by atoms with Crippen molar-refractivity contribution in [2.45, 2.75) is 39.8 Å². The van der Waals surface area contributed by atoms with E-state index in [1.54, 1.807) is 36.4 Å². The lowest BCUT2D eigenvalue weighted by Crippen LogP contribution is -2.53. The predicted octanol–water partition coefficient (Wildman–Crippen LogP) is 5.07. The number of aryl methyl sites for hydroxylation is 1. The highest BCUT2D eigenvalue weighted by Gasteiger charge is 2.33. The largest absolute Gasteiger partial charge is 0.354 e. The number of amides is 2. The summed E-state index contributed by atoms with van der Waals surface area (Å²) < 4.78 is 42.4. The summed E-state index contributed by atoms with van der Waals surface area (Å²) in [7, 11) is -3.89. The second-order valence-corrected chi connectivity index (χ2v) is 12.9. The van der Waals surface area contributed by atoms with Gasteiger partial charge in [-0.25, -0.2) is 12.8 Å². The van der Waals surface area contributed by atoms with Gasteiger partial charge >= 0.3 is 0 Å². The number of carbonyl (C=O) groups is 2. The van der Waals surface area contributed by atoms with E-state index in [4.69, 9.17) is 0 Å². The average molecular weight is 633 g/mol. The van der Waals surface area contributed by atoms with Gasteiger partial charge in [-0.1, -0.05) is 78.3 Å². The van der Waals surface area contributed by atoms with Gasteiger partial charge in [0, 0.05) is 29.5 Å². The molecule has 1 N–H and O–H groups in total. The van der Waals surface area contributed by atoms with Crippen LogP contribution in [-0.2, 0) is 32.6 Å². The van der Waals surface area contributed by atoms with E-state index in [0.717, 1.165) is 26.2 Å². The number of rotatable bonds is 12. The van der Waals surface area contributed by atoms with Crippen LogP contribution < -0.4 is 9.62 Å². The van der Waals surface area contributed by atoms with Gasteiger partial charge in [-0.2, -0.15) is 0 Å². The third-order valence-corrected chi connectivity index (χ3v) is 8.39. The Labute approximate surface area is 244 Å². The van der Waals surface area contributed by atoms with Crippen LogP contribution in [0.3, 0.4) is 0 Å². The van der Waals surface area contributed by atoms with Crippen LogP contribution in [0.1, 0.15) is 30.5 Å². The van der Waals surface area contributed by atoms with E-state index in [1.807, 2.05) is 51.1 Å². The third kappa shape index (κ3) is 8.63. The molecule has 0 bridgehead atoms. The molecule has 0 saturated carbocycles. The smallest absolute Gasteiger partial charge is 0.244 e. The lowest BCUT2D eigenvalue weighted by atomic mass is 10.0. The molecule has 0 aromatic heterocycles. The molecule has 0 saturated heterocycles. The van der Waals surface area contributed by atoms with Crippen molar-refractivity contribution in [2.24, 2.45) is 5.92 Å². The normalized spacial score (nSPS) is 12.2. The minimum absolute atomic E-state index is 0.165. The Morgan fingerprint density at radius 3 is 2.25 bits per heavy atom. The first kappa shape index (κ1) is 31.3. The van der Waals surface area contributed by atoms with Crippen molar-refractivity contribution in [3.63, 3.8) is 0 Å². The Bertz CT molecular complexity index is 1430. The highest BCUT2D eigenvalue weighted by Crippen LogP contribution is 2.25. The minimum atomic E-state index is -3.89. The molecule has 214 valence electrons. The summed E-state index contributed by atoms with van der Waals surface area (Å²) in [6, 6.07) is 19.2. The average Bonchev–Trinajstić information content (AvgIpc) is 2.90. The molecule has 2 amide bonds. The molecule has 0 unspecified atom stereocenters. The van der Waals surface area contributed by atoms with E-state index in [-0.39, 0.29) is 24.4 Å². The van der Waals surface area contributed by atoms with Crippen LogP contribution in [-0.4, -0.2) is 50.5 Å². The molecular formula is C30H35BrFN3O4S. The Kier molecular flexibility index (Phi) is 10.9. The second kappa shape index (κ2) is 13.9. The summed E-state index contributed by atoms with van der Waals surface area (Å²) in [6.07, 6.45) is 1.19. The van der Waals surface area contributed by atoms with Gasteiger partial charge < -0.3 is 10.2 Å². The highest BCUT2D eigenvalue weighted by molar-refractivity contribution is 9.10. The Morgan fingerprint density at radius 2 is 1.65 bits per heavy atom. The van der Waals surface area contributed by atoms with E-state index < -0.39 is 40.2 Å². The molecule has 7 nitrogen and oxygen atoms in total. The Balaban J connectivity index is 2.07. The van der Waals surface area contributed by atoms with Crippen LogP contribution in [0, 0.1) is 18.7 Å². The molecular weight excluding hydrogens is 597 g/mol. The summed E-state index contributed by atoms with van der Waals surface area (Å²) in [5, 5.41) is 2.90. The van der Waals surface area contributed by atoms with Crippen LogP contribution in [0.5, 0.6) is 0 Å². The zero-order valence-corrected chi connectivity index (χ0v) is 25.5. The van der Waals surface area contributed by atoms with Gasteiger partial charge in [0.25, 0.3) is 0 Å². The highest BCUT2D eigenvalue weighted by atomic mass is 79.9. The Morgan fingerprint density at radius 1 is 1.00 bits per heavy atom. The van der Waals surface area contributed by atoms with Crippen molar-refractivity contribution in [1.29, 1.82) is 0 Å². The summed E-state index contributed by atoms with van der Waals surface area (Å²) in [5.74, 6) is -1.38. The molecule has 0 aliphatic rings. The molecule has 10 heteroatoms. The summed E-state index contributed by atoms with van der Waals surface area (Å²) in [6.45, 7) is 5.35. The SMILES string of the molecule is Cc1cc(N(CC(=O)N(Cc2ccccc2F)[C@@H](Cc2ccccc2)C(=O)NCC(C)C)S(C)(=O)=O)ccc1Br. The van der Waals surface area contributed by atoms with Crippen LogP contribution in [0.2, 0.25) is 0 Å². The van der Waals surface area contributed by atoms with E-state index in [2.05, 4.69) is 21.2 Å². The standard InChI is InChI=1S/C30H35BrFN3O4S/c1-21(2)18-33-30(37)28(17-23-10-6-5-7-11-23)34(19-24-12-8-9-13-27(24)32)29(36)20-35(40(4,38)39)25-14-15-26(31)22(3)16-25/h5-16,21,28H,17-20H2,1-4H3,(H,33,37)/t28-/m0/s1. The monoisotopic (exact) mass is 631 g/mol. The second-order valence-electron chi connectivity index (χ2n) is 10.2. The number of benzene rings is 3. The zero-order chi connectivity index (χ0) is 29.4. The number of nitrogens with zero attached hydrogens (tertiary/aromatic N) is 2. The van der Waals surface area contributed by atoms with Gasteiger partial charge in [-0.3, -0.25) is 13.9 Å². The van der Waals surface area contributed by atoms with Crippen LogP contribution >= 0.6 is 15.9 Å². The van der Waals surface area contributed by atoms with Gasteiger partial charge in [0.05, 0.1) is 11.9 Å². The van der Waals surface area contributed by atoms with Crippen LogP contribution in [0.25, 0.3) is 0 Å². The third-order valence-electron chi connectivity index (χ3n) is 6.36. The maximum absolute atomic E-state index is 14.8. The van der Waals surface area contributed by atoms with E-state index in [9.17, 15) is 22.4 Å². The van der Waals surface area contributed by atoms with Crippen molar-refractivity contribution in [1.82, 2.24) is 10.2 Å². The van der Waals surface area contributed by atoms with Gasteiger partial charge in [-0.15, -0.1) is 0 Å². The van der Waals surface area contributed by atoms with Gasteiger partial charge in [0.15, 0.2) is 0 Å². The fourth-order valence-corrected chi connectivity index (χ4v) is 5.27. The van der Waals surface area contributed by atoms with Crippen molar-refractivity contribution < 1.29 is 22.4 Å². The number of carbonyl (C=O) groups excluding carboxylic acids is 2. The fraction of sp³-hybridized carbons (Fsp3) is 0.333. The summed E-state index contributed by atoms with van der Waals surface area (Å²) >= 11 is 3.42. The predicted molar refractivity (Wildman–Crippen MR) is 160 cm³/mol. The maximum atomic E-state index is 14.8. The molecule has 3 rings (SSSR count). The van der Waals surface area contributed by atoms with Gasteiger partial charge in [-0.05, 0) is 48.2 Å². The van der Waals surface area contributed by atoms with Crippen molar-refractivity contribution in [2.75, 3.05) is 23.7 Å². The number of sulfonamides is 1. The quantitative estimate of drug-likeness (QED) is 0.302. The topological polar surface area (TPSA) is 86.8 Å². The zero-order valence-electron chi connectivity index (χ0n) is 23.1. The maximum Gasteiger partial charge on any atom is 0.244 e. The fourth-order valence-electron chi connectivity index (χ4n) is 4.18. The molecule has 3 aromatic rings. The number of hydrogen-bond acceptors (Lipinski definition) is 4. The summed E-state index contributed by atoms with van der Waals surface area (Å²) in [5.41, 5.74) is 2.13. The van der Waals surface area contributed by atoms with Gasteiger partial charge in [0.1, 0.15) is 18.4 Å². The number of hydrogen-bond donors (Lipinski definition) is 1. The summed E-state index contributed by atoms with van der Waals surface area (Å²) in [4.78, 5) is 28.9. The number of anilines is 1. The number of nitrogens with one attached hydrogen (secondary N) is 1. The Hall–Kier alpha value is -3.24. The molecule has 3 aromatic carbocycles. The minimum Gasteiger partial charge on any atom is -0.354 e. The van der Waals surface area contributed by atoms with Crippen molar-refractivity contribution in [3.05, 3.63) is 99.8 Å². The molecule has 0 spiro atoms. The van der Waals surface area contributed by atoms with Crippen LogP contribution in [0.15, 0.2) is 77.3 Å². The first-order valence-electron chi connectivity index (χ1n) is 12.9. The van der Waals surface area contributed by atoms with Gasteiger partial charge in [0.2, 0.25) is 21.8 Å². The van der Waals surface area contributed by atoms with Crippen LogP contribution in [0.4, 0.5) is 10.1 Å². The van der Waals surface area contributed by atoms with Crippen molar-refractivity contribution >= 4 is 43.5 Å². The first-order valence-corrected chi connectivity index (χ1v) is 15.6. The van der Waals surface area contributed by atoms with E-state index in [1.165, 1.54) is 11.0 Å². The lowest BCUT2D eigenvalue weighted by molar-refractivity contribution is -0.140. The van der Waals surface area contributed by atoms with E-state index >= 15 is 0 Å². The molecule has 0 fully saturated rings. The molecule has 0 radical (unpaired) electrons. The van der Waals surface area contributed by atoms with Crippen molar-refractivity contribution in [3.8, 4) is 0 Å². The molecule has 1 atom stereocenters.